The largest absolute Gasteiger partial charge is 0.494 e. The Labute approximate surface area is 173 Å². The summed E-state index contributed by atoms with van der Waals surface area (Å²) in [6.07, 6.45) is 0. The molecule has 4 nitrogen and oxygen atoms in total. The van der Waals surface area contributed by atoms with Crippen LogP contribution < -0.4 is 10.1 Å². The fourth-order valence-electron chi connectivity index (χ4n) is 2.67. The van der Waals surface area contributed by atoms with E-state index in [9.17, 15) is 9.59 Å². The fourth-order valence-corrected chi connectivity index (χ4v) is 3.06. The summed E-state index contributed by atoms with van der Waals surface area (Å²) in [4.78, 5) is 25.6. The number of anilines is 1. The van der Waals surface area contributed by atoms with Gasteiger partial charge in [0.15, 0.2) is 5.78 Å². The lowest BCUT2D eigenvalue weighted by Gasteiger charge is -2.12. The highest BCUT2D eigenvalue weighted by Gasteiger charge is 2.18. The number of halogens is 2. The van der Waals surface area contributed by atoms with Crippen molar-refractivity contribution in [2.24, 2.45) is 0 Å². The highest BCUT2D eigenvalue weighted by molar-refractivity contribution is 6.36. The second kappa shape index (κ2) is 8.91. The van der Waals surface area contributed by atoms with Crippen LogP contribution in [0.4, 0.5) is 5.69 Å². The molecule has 0 saturated heterocycles. The Bertz CT molecular complexity index is 1020. The zero-order chi connectivity index (χ0) is 20.1. The number of rotatable bonds is 6. The highest BCUT2D eigenvalue weighted by atomic mass is 35.5. The molecule has 0 spiro atoms. The number of ether oxygens (including phenoxy) is 1. The Morgan fingerprint density at radius 2 is 1.64 bits per heavy atom. The van der Waals surface area contributed by atoms with Crippen LogP contribution >= 0.6 is 23.2 Å². The summed E-state index contributed by atoms with van der Waals surface area (Å²) >= 11 is 12.2. The summed E-state index contributed by atoms with van der Waals surface area (Å²) in [6.45, 7) is 2.43. The molecule has 0 aromatic heterocycles. The number of nitrogens with one attached hydrogen (secondary N) is 1. The molecule has 0 aliphatic heterocycles. The van der Waals surface area contributed by atoms with Crippen molar-refractivity contribution in [2.45, 2.75) is 6.92 Å². The summed E-state index contributed by atoms with van der Waals surface area (Å²) in [5, 5.41) is 3.49. The second-order valence-corrected chi connectivity index (χ2v) is 6.75. The predicted molar refractivity (Wildman–Crippen MR) is 112 cm³/mol. The Kier molecular flexibility index (Phi) is 6.34. The molecule has 28 heavy (non-hydrogen) atoms. The maximum Gasteiger partial charge on any atom is 0.255 e. The molecule has 0 unspecified atom stereocenters. The molecule has 0 heterocycles. The van der Waals surface area contributed by atoms with Crippen LogP contribution in [-0.2, 0) is 0 Å². The molecule has 0 atom stereocenters. The molecule has 1 N–H and O–H groups in total. The summed E-state index contributed by atoms with van der Waals surface area (Å²) in [7, 11) is 0. The van der Waals surface area contributed by atoms with Gasteiger partial charge in [-0.25, -0.2) is 0 Å². The molecule has 0 radical (unpaired) electrons. The molecule has 3 rings (SSSR count). The number of carbonyl (C=O) groups excluding carboxylic acids is 2. The first-order valence-corrected chi connectivity index (χ1v) is 9.38. The average molecular weight is 414 g/mol. The van der Waals surface area contributed by atoms with E-state index in [0.717, 1.165) is 0 Å². The zero-order valence-electron chi connectivity index (χ0n) is 15.0. The Morgan fingerprint density at radius 1 is 0.929 bits per heavy atom. The van der Waals surface area contributed by atoms with Gasteiger partial charge < -0.3 is 10.1 Å². The highest BCUT2D eigenvalue weighted by Crippen LogP contribution is 2.27. The van der Waals surface area contributed by atoms with Crippen molar-refractivity contribution >= 4 is 40.6 Å². The summed E-state index contributed by atoms with van der Waals surface area (Å²) in [5.74, 6) is 0.00815. The van der Waals surface area contributed by atoms with E-state index in [-0.39, 0.29) is 17.3 Å². The van der Waals surface area contributed by atoms with Crippen LogP contribution in [0, 0.1) is 0 Å². The van der Waals surface area contributed by atoms with E-state index in [1.54, 1.807) is 60.7 Å². The van der Waals surface area contributed by atoms with E-state index in [4.69, 9.17) is 27.9 Å². The van der Waals surface area contributed by atoms with E-state index in [2.05, 4.69) is 5.32 Å². The molecule has 142 valence electrons. The Hall–Kier alpha value is -2.82. The van der Waals surface area contributed by atoms with E-state index in [1.807, 2.05) is 6.92 Å². The van der Waals surface area contributed by atoms with Gasteiger partial charge in [0.2, 0.25) is 0 Å². The first-order chi connectivity index (χ1) is 13.5. The van der Waals surface area contributed by atoms with Gasteiger partial charge in [-0.15, -0.1) is 0 Å². The van der Waals surface area contributed by atoms with E-state index in [0.29, 0.717) is 39.2 Å². The predicted octanol–water partition coefficient (Wildman–Crippen LogP) is 5.88. The zero-order valence-corrected chi connectivity index (χ0v) is 16.6. The minimum Gasteiger partial charge on any atom is -0.494 e. The molecule has 3 aromatic carbocycles. The van der Waals surface area contributed by atoms with Gasteiger partial charge in [0.05, 0.1) is 17.3 Å². The third-order valence-corrected chi connectivity index (χ3v) is 4.59. The molecule has 0 aliphatic rings. The van der Waals surface area contributed by atoms with Crippen molar-refractivity contribution in [3.63, 3.8) is 0 Å². The third kappa shape index (κ3) is 4.53. The maximum absolute atomic E-state index is 13.0. The standard InChI is InChI=1S/C22H17Cl2NO3/c1-2-28-16-10-7-14(8-11-16)22(27)25-20-12-9-15(23)13-18(20)21(26)17-5-3-4-6-19(17)24/h3-13H,2H2,1H3,(H,25,27). The van der Waals surface area contributed by atoms with E-state index < -0.39 is 0 Å². The average Bonchev–Trinajstić information content (AvgIpc) is 2.70. The lowest BCUT2D eigenvalue weighted by molar-refractivity contribution is 0.102. The van der Waals surface area contributed by atoms with Crippen molar-refractivity contribution < 1.29 is 14.3 Å². The number of hydrogen-bond donors (Lipinski definition) is 1. The third-order valence-electron chi connectivity index (χ3n) is 4.02. The number of ketones is 1. The van der Waals surface area contributed by atoms with Crippen LogP contribution in [0.5, 0.6) is 5.75 Å². The van der Waals surface area contributed by atoms with Crippen molar-refractivity contribution in [2.75, 3.05) is 11.9 Å². The summed E-state index contributed by atoms with van der Waals surface area (Å²) in [6, 6.07) is 18.2. The van der Waals surface area contributed by atoms with Crippen LogP contribution in [0.3, 0.4) is 0 Å². The second-order valence-electron chi connectivity index (χ2n) is 5.91. The smallest absolute Gasteiger partial charge is 0.255 e. The molecule has 1 amide bonds. The van der Waals surface area contributed by atoms with Crippen LogP contribution in [0.2, 0.25) is 10.0 Å². The van der Waals surface area contributed by atoms with Crippen molar-refractivity contribution in [1.29, 1.82) is 0 Å². The van der Waals surface area contributed by atoms with Gasteiger partial charge in [0.1, 0.15) is 5.75 Å². The quantitative estimate of drug-likeness (QED) is 0.513. The van der Waals surface area contributed by atoms with Crippen molar-refractivity contribution in [3.8, 4) is 5.75 Å². The molecule has 0 aliphatic carbocycles. The normalized spacial score (nSPS) is 10.4. The minimum atomic E-state index is -0.349. The molecular weight excluding hydrogens is 397 g/mol. The maximum atomic E-state index is 13.0. The number of amides is 1. The van der Waals surface area contributed by atoms with Gasteiger partial charge in [-0.1, -0.05) is 35.3 Å². The molecular formula is C22H17Cl2NO3. The lowest BCUT2D eigenvalue weighted by Crippen LogP contribution is -2.15. The topological polar surface area (TPSA) is 55.4 Å². The van der Waals surface area contributed by atoms with Crippen LogP contribution in [-0.4, -0.2) is 18.3 Å². The van der Waals surface area contributed by atoms with Crippen LogP contribution in [0.1, 0.15) is 33.2 Å². The van der Waals surface area contributed by atoms with Crippen molar-refractivity contribution in [1.82, 2.24) is 0 Å². The van der Waals surface area contributed by atoms with Crippen LogP contribution in [0.25, 0.3) is 0 Å². The van der Waals surface area contributed by atoms with Gasteiger partial charge in [-0.05, 0) is 61.5 Å². The van der Waals surface area contributed by atoms with Gasteiger partial charge in [-0.2, -0.15) is 0 Å². The van der Waals surface area contributed by atoms with Gasteiger partial charge in [-0.3, -0.25) is 9.59 Å². The summed E-state index contributed by atoms with van der Waals surface area (Å²) < 4.78 is 5.38. The molecule has 0 saturated carbocycles. The minimum absolute atomic E-state index is 0.264. The van der Waals surface area contributed by atoms with Gasteiger partial charge in [0, 0.05) is 21.7 Å². The first-order valence-electron chi connectivity index (χ1n) is 8.62. The fraction of sp³-hybridized carbons (Fsp3) is 0.0909. The first kappa shape index (κ1) is 19.9. The van der Waals surface area contributed by atoms with E-state index in [1.165, 1.54) is 6.07 Å². The van der Waals surface area contributed by atoms with Gasteiger partial charge >= 0.3 is 0 Å². The van der Waals surface area contributed by atoms with Gasteiger partial charge in [0.25, 0.3) is 5.91 Å². The lowest BCUT2D eigenvalue weighted by atomic mass is 10.0. The molecule has 6 heteroatoms. The number of carbonyl (C=O) groups is 2. The SMILES string of the molecule is CCOc1ccc(C(=O)Nc2ccc(Cl)cc2C(=O)c2ccccc2Cl)cc1. The monoisotopic (exact) mass is 413 g/mol. The van der Waals surface area contributed by atoms with Crippen LogP contribution in [0.15, 0.2) is 66.7 Å². The molecule has 0 bridgehead atoms. The Morgan fingerprint density at radius 3 is 2.32 bits per heavy atom. The van der Waals surface area contributed by atoms with E-state index >= 15 is 0 Å². The van der Waals surface area contributed by atoms with Crippen molar-refractivity contribution in [3.05, 3.63) is 93.5 Å². The summed E-state index contributed by atoms with van der Waals surface area (Å²) in [5.41, 5.74) is 1.39. The molecule has 0 fully saturated rings. The Balaban J connectivity index is 1.89. The molecule has 3 aromatic rings. The number of hydrogen-bond acceptors (Lipinski definition) is 3. The number of benzene rings is 3.